The Morgan fingerprint density at radius 2 is 1.64 bits per heavy atom. The maximum atomic E-state index is 13.7. The first kappa shape index (κ1) is 23.1. The number of nitrogens with zero attached hydrogens (tertiary/aromatic N) is 2. The first-order chi connectivity index (χ1) is 17.5. The number of hydrogen-bond acceptors (Lipinski definition) is 6. The van der Waals surface area contributed by atoms with E-state index in [1.807, 2.05) is 48.5 Å². The highest BCUT2D eigenvalue weighted by Gasteiger charge is 2.23. The van der Waals surface area contributed by atoms with E-state index in [1.54, 1.807) is 56.1 Å². The van der Waals surface area contributed by atoms with Crippen molar-refractivity contribution in [3.8, 4) is 22.8 Å². The van der Waals surface area contributed by atoms with E-state index >= 15 is 0 Å². The standard InChI is InChI=1S/C29H24N2O5/c1-4-36-29(33)22-15-25(28(32)21-11-7-9-18-8-5-6-10-20(18)21)31-17-30-23(16-24(22)31)19-12-13-26(34-2)27(14-19)35-3/h5-17H,4H2,1-3H3. The minimum atomic E-state index is -0.503. The Balaban J connectivity index is 1.68. The van der Waals surface area contributed by atoms with Gasteiger partial charge in [-0.2, -0.15) is 0 Å². The summed E-state index contributed by atoms with van der Waals surface area (Å²) in [7, 11) is 3.14. The zero-order valence-electron chi connectivity index (χ0n) is 20.1. The Morgan fingerprint density at radius 3 is 2.42 bits per heavy atom. The number of ketones is 1. The Labute approximate surface area is 207 Å². The van der Waals surface area contributed by atoms with Crippen molar-refractivity contribution in [1.82, 2.24) is 9.38 Å². The van der Waals surface area contributed by atoms with E-state index in [2.05, 4.69) is 4.98 Å². The SMILES string of the molecule is CCOC(=O)c1cc(C(=O)c2cccc3ccccc23)n2cnc(-c3ccc(OC)c(OC)c3)cc12. The third kappa shape index (κ3) is 3.94. The van der Waals surface area contributed by atoms with Gasteiger partial charge in [0.25, 0.3) is 0 Å². The molecule has 0 unspecified atom stereocenters. The van der Waals surface area contributed by atoms with Gasteiger partial charge in [0.15, 0.2) is 11.5 Å². The Bertz CT molecular complexity index is 1610. The van der Waals surface area contributed by atoms with Gasteiger partial charge in [0, 0.05) is 11.1 Å². The zero-order valence-corrected chi connectivity index (χ0v) is 20.1. The predicted octanol–water partition coefficient (Wildman–Crippen LogP) is 5.58. The fourth-order valence-corrected chi connectivity index (χ4v) is 4.36. The van der Waals surface area contributed by atoms with Crippen LogP contribution in [-0.4, -0.2) is 42.0 Å². The van der Waals surface area contributed by atoms with Crippen molar-refractivity contribution >= 4 is 28.0 Å². The number of carbonyl (C=O) groups excluding carboxylic acids is 2. The number of esters is 1. The summed E-state index contributed by atoms with van der Waals surface area (Å²) in [5.41, 5.74) is 3.08. The molecule has 0 radical (unpaired) electrons. The van der Waals surface area contributed by atoms with Crippen LogP contribution in [0.4, 0.5) is 0 Å². The molecule has 0 fully saturated rings. The molecular weight excluding hydrogens is 456 g/mol. The van der Waals surface area contributed by atoms with Crippen molar-refractivity contribution in [2.24, 2.45) is 0 Å². The average molecular weight is 481 g/mol. The second-order valence-corrected chi connectivity index (χ2v) is 8.12. The lowest BCUT2D eigenvalue weighted by atomic mass is 10.00. The number of benzene rings is 3. The summed E-state index contributed by atoms with van der Waals surface area (Å²) < 4.78 is 17.7. The molecule has 0 aliphatic rings. The lowest BCUT2D eigenvalue weighted by Crippen LogP contribution is -2.06. The van der Waals surface area contributed by atoms with Crippen LogP contribution >= 0.6 is 0 Å². The number of aromatic nitrogens is 2. The maximum Gasteiger partial charge on any atom is 0.340 e. The molecule has 3 aromatic carbocycles. The van der Waals surface area contributed by atoms with Gasteiger partial charge in [-0.1, -0.05) is 42.5 Å². The number of hydrogen-bond donors (Lipinski definition) is 0. The summed E-state index contributed by atoms with van der Waals surface area (Å²) in [6, 6.07) is 22.1. The molecule has 0 bridgehead atoms. The molecule has 36 heavy (non-hydrogen) atoms. The molecule has 0 amide bonds. The fraction of sp³-hybridized carbons (Fsp3) is 0.138. The molecule has 5 aromatic rings. The molecule has 0 atom stereocenters. The van der Waals surface area contributed by atoms with Gasteiger partial charge in [-0.25, -0.2) is 9.78 Å². The third-order valence-electron chi connectivity index (χ3n) is 6.10. The lowest BCUT2D eigenvalue weighted by molar-refractivity contribution is 0.0529. The van der Waals surface area contributed by atoms with Crippen LogP contribution < -0.4 is 9.47 Å². The molecule has 0 saturated carbocycles. The Kier molecular flexibility index (Phi) is 6.12. The molecule has 0 saturated heterocycles. The van der Waals surface area contributed by atoms with Gasteiger partial charge < -0.3 is 14.2 Å². The second kappa shape index (κ2) is 9.54. The molecule has 2 heterocycles. The molecular formula is C29H24N2O5. The normalized spacial score (nSPS) is 11.0. The van der Waals surface area contributed by atoms with E-state index in [-0.39, 0.29) is 12.4 Å². The Morgan fingerprint density at radius 1 is 0.861 bits per heavy atom. The van der Waals surface area contributed by atoms with Crippen LogP contribution in [0.1, 0.15) is 33.3 Å². The second-order valence-electron chi connectivity index (χ2n) is 8.12. The van der Waals surface area contributed by atoms with Crippen LogP contribution in [0.2, 0.25) is 0 Å². The summed E-state index contributed by atoms with van der Waals surface area (Å²) >= 11 is 0. The number of ether oxygens (including phenoxy) is 3. The zero-order chi connectivity index (χ0) is 25.2. The van der Waals surface area contributed by atoms with Gasteiger partial charge in [0.2, 0.25) is 5.78 Å². The van der Waals surface area contributed by atoms with Crippen LogP contribution in [-0.2, 0) is 4.74 Å². The molecule has 2 aromatic heterocycles. The van der Waals surface area contributed by atoms with E-state index in [9.17, 15) is 9.59 Å². The molecule has 7 heteroatoms. The third-order valence-corrected chi connectivity index (χ3v) is 6.10. The van der Waals surface area contributed by atoms with E-state index in [4.69, 9.17) is 14.2 Å². The van der Waals surface area contributed by atoms with Crippen molar-refractivity contribution in [3.63, 3.8) is 0 Å². The average Bonchev–Trinajstić information content (AvgIpc) is 3.31. The largest absolute Gasteiger partial charge is 0.493 e. The summed E-state index contributed by atoms with van der Waals surface area (Å²) in [6.07, 6.45) is 1.56. The van der Waals surface area contributed by atoms with Crippen molar-refractivity contribution in [2.45, 2.75) is 6.92 Å². The van der Waals surface area contributed by atoms with Crippen LogP contribution in [0.15, 0.2) is 79.1 Å². The quantitative estimate of drug-likeness (QED) is 0.224. The highest BCUT2D eigenvalue weighted by molar-refractivity contribution is 6.17. The molecule has 0 spiro atoms. The van der Waals surface area contributed by atoms with Gasteiger partial charge in [0.05, 0.1) is 43.3 Å². The highest BCUT2D eigenvalue weighted by Crippen LogP contribution is 2.33. The maximum absolute atomic E-state index is 13.7. The first-order valence-corrected chi connectivity index (χ1v) is 11.5. The molecule has 0 aliphatic heterocycles. The minimum Gasteiger partial charge on any atom is -0.493 e. The summed E-state index contributed by atoms with van der Waals surface area (Å²) in [6.45, 7) is 1.96. The van der Waals surface area contributed by atoms with Gasteiger partial charge in [0.1, 0.15) is 6.33 Å². The molecule has 180 valence electrons. The number of carbonyl (C=O) groups is 2. The van der Waals surface area contributed by atoms with Gasteiger partial charge >= 0.3 is 5.97 Å². The van der Waals surface area contributed by atoms with Crippen LogP contribution in [0.5, 0.6) is 11.5 Å². The summed E-state index contributed by atoms with van der Waals surface area (Å²) in [5, 5.41) is 1.80. The van der Waals surface area contributed by atoms with Gasteiger partial charge in [-0.05, 0) is 48.0 Å². The minimum absolute atomic E-state index is 0.210. The number of methoxy groups -OCH3 is 2. The van der Waals surface area contributed by atoms with Gasteiger partial charge in [-0.15, -0.1) is 0 Å². The molecule has 7 nitrogen and oxygen atoms in total. The molecule has 0 N–H and O–H groups in total. The van der Waals surface area contributed by atoms with E-state index in [0.717, 1.165) is 16.3 Å². The van der Waals surface area contributed by atoms with Crippen LogP contribution in [0.3, 0.4) is 0 Å². The smallest absolute Gasteiger partial charge is 0.340 e. The fourth-order valence-electron chi connectivity index (χ4n) is 4.36. The van der Waals surface area contributed by atoms with Crippen molar-refractivity contribution < 1.29 is 23.8 Å². The lowest BCUT2D eigenvalue weighted by Gasteiger charge is -2.10. The van der Waals surface area contributed by atoms with E-state index < -0.39 is 5.97 Å². The van der Waals surface area contributed by atoms with Gasteiger partial charge in [-0.3, -0.25) is 9.20 Å². The Hall–Kier alpha value is -4.65. The van der Waals surface area contributed by atoms with E-state index in [0.29, 0.717) is 39.5 Å². The summed E-state index contributed by atoms with van der Waals surface area (Å²) in [4.78, 5) is 31.2. The number of fused-ring (bicyclic) bond motifs is 2. The van der Waals surface area contributed by atoms with Crippen LogP contribution in [0.25, 0.3) is 27.5 Å². The predicted molar refractivity (Wildman–Crippen MR) is 137 cm³/mol. The first-order valence-electron chi connectivity index (χ1n) is 11.5. The van der Waals surface area contributed by atoms with Crippen molar-refractivity contribution in [2.75, 3.05) is 20.8 Å². The van der Waals surface area contributed by atoms with Crippen molar-refractivity contribution in [1.29, 1.82) is 0 Å². The molecule has 0 aliphatic carbocycles. The number of rotatable bonds is 7. The topological polar surface area (TPSA) is 79.1 Å². The highest BCUT2D eigenvalue weighted by atomic mass is 16.5. The van der Waals surface area contributed by atoms with E-state index in [1.165, 1.54) is 0 Å². The summed E-state index contributed by atoms with van der Waals surface area (Å²) in [5.74, 6) is 0.444. The molecule has 5 rings (SSSR count). The monoisotopic (exact) mass is 480 g/mol. The van der Waals surface area contributed by atoms with Crippen LogP contribution in [0, 0.1) is 0 Å². The van der Waals surface area contributed by atoms with Crippen molar-refractivity contribution in [3.05, 3.63) is 95.9 Å².